The zero-order chi connectivity index (χ0) is 25.7. The number of nitrogens with two attached hydrogens (primary N) is 1. The van der Waals surface area contributed by atoms with Crippen molar-refractivity contribution in [3.63, 3.8) is 0 Å². The smallest absolute Gasteiger partial charge is 0.336 e. The van der Waals surface area contributed by atoms with Crippen LogP contribution >= 0.6 is 34.5 Å². The first-order valence-electron chi connectivity index (χ1n) is 10.7. The molecule has 1 aliphatic heterocycles. The summed E-state index contributed by atoms with van der Waals surface area (Å²) in [6.07, 6.45) is -0.259. The van der Waals surface area contributed by atoms with Crippen LogP contribution in [-0.4, -0.2) is 49.5 Å². The van der Waals surface area contributed by atoms with E-state index in [1.165, 1.54) is 25.6 Å². The van der Waals surface area contributed by atoms with E-state index >= 15 is 0 Å². The number of hydrogen-bond acceptors (Lipinski definition) is 10. The van der Waals surface area contributed by atoms with E-state index in [1.54, 1.807) is 32.0 Å². The Morgan fingerprint density at radius 1 is 1.20 bits per heavy atom. The van der Waals surface area contributed by atoms with Gasteiger partial charge in [-0.15, -0.1) is 10.2 Å². The maximum atomic E-state index is 13.4. The van der Waals surface area contributed by atoms with E-state index < -0.39 is 24.0 Å². The van der Waals surface area contributed by atoms with E-state index in [0.29, 0.717) is 34.9 Å². The summed E-state index contributed by atoms with van der Waals surface area (Å²) in [5, 5.41) is 13.3. The normalized spacial score (nSPS) is 16.7. The number of rotatable bonds is 9. The van der Waals surface area contributed by atoms with E-state index in [4.69, 9.17) is 43.1 Å². The minimum absolute atomic E-state index is 0.110. The molecule has 2 heterocycles. The molecule has 1 aliphatic rings. The zero-order valence-electron chi connectivity index (χ0n) is 19.7. The number of carbonyl (C=O) groups is 2. The lowest BCUT2D eigenvalue weighted by Gasteiger charge is -2.33. The highest BCUT2D eigenvalue weighted by Gasteiger charge is 2.42. The molecule has 3 rings (SSSR count). The first-order chi connectivity index (χ1) is 16.8. The molecule has 188 valence electrons. The van der Waals surface area contributed by atoms with Crippen LogP contribution in [0.1, 0.15) is 41.4 Å². The van der Waals surface area contributed by atoms with E-state index in [2.05, 4.69) is 15.5 Å². The van der Waals surface area contributed by atoms with E-state index in [-0.39, 0.29) is 27.8 Å². The van der Waals surface area contributed by atoms with Crippen LogP contribution in [0.15, 0.2) is 40.7 Å². The lowest BCUT2D eigenvalue weighted by molar-refractivity contribution is -0.139. The second-order valence-electron chi connectivity index (χ2n) is 7.47. The standard InChI is InChI=1S/C23H26Cl2N4O5S/c1-5-34-23(31)17-16(12-7-6-8-13(24)18(12)25)15(22(30)33-4)11(2)27-19(17)20(32-3)21-29-28-14(35-21)9-10-26/h6-8,16,20,27H,5,9-10,26H2,1-4H3. The van der Waals surface area contributed by atoms with Crippen LogP contribution in [0.2, 0.25) is 10.0 Å². The summed E-state index contributed by atoms with van der Waals surface area (Å²) < 4.78 is 16.3. The summed E-state index contributed by atoms with van der Waals surface area (Å²) in [5.41, 5.74) is 7.22. The highest BCUT2D eigenvalue weighted by Crippen LogP contribution is 2.46. The number of halogens is 2. The van der Waals surface area contributed by atoms with Crippen molar-refractivity contribution in [1.82, 2.24) is 15.5 Å². The molecule has 3 N–H and O–H groups in total. The maximum absolute atomic E-state index is 13.4. The molecule has 2 atom stereocenters. The topological polar surface area (TPSA) is 126 Å². The minimum atomic E-state index is -0.946. The molecule has 12 heteroatoms. The van der Waals surface area contributed by atoms with Gasteiger partial charge in [-0.1, -0.05) is 46.7 Å². The third kappa shape index (κ3) is 5.52. The van der Waals surface area contributed by atoms with Crippen LogP contribution in [-0.2, 0) is 30.2 Å². The third-order valence-corrected chi connectivity index (χ3v) is 7.21. The van der Waals surface area contributed by atoms with Crippen LogP contribution in [0.25, 0.3) is 0 Å². The lowest BCUT2D eigenvalue weighted by atomic mass is 9.79. The predicted octanol–water partition coefficient (Wildman–Crippen LogP) is 3.68. The Kier molecular flexibility index (Phi) is 9.26. The second kappa shape index (κ2) is 12.0. The van der Waals surface area contributed by atoms with Crippen molar-refractivity contribution in [2.24, 2.45) is 5.73 Å². The monoisotopic (exact) mass is 540 g/mol. The Labute approximate surface area is 217 Å². The van der Waals surface area contributed by atoms with Gasteiger partial charge in [-0.05, 0) is 32.0 Å². The largest absolute Gasteiger partial charge is 0.466 e. The van der Waals surface area contributed by atoms with Crippen molar-refractivity contribution in [2.45, 2.75) is 32.3 Å². The number of carbonyl (C=O) groups excluding carboxylic acids is 2. The van der Waals surface area contributed by atoms with Gasteiger partial charge in [0.05, 0.1) is 46.5 Å². The molecule has 2 aromatic rings. The van der Waals surface area contributed by atoms with Crippen molar-refractivity contribution >= 4 is 46.5 Å². The molecule has 9 nitrogen and oxygen atoms in total. The number of ether oxygens (including phenoxy) is 3. The van der Waals surface area contributed by atoms with Gasteiger partial charge in [0, 0.05) is 19.2 Å². The molecule has 0 bridgehead atoms. The van der Waals surface area contributed by atoms with Crippen LogP contribution in [0.5, 0.6) is 0 Å². The number of nitrogens with one attached hydrogen (secondary N) is 1. The fourth-order valence-corrected chi connectivity index (χ4v) is 5.23. The van der Waals surface area contributed by atoms with Crippen LogP contribution in [0, 0.1) is 0 Å². The van der Waals surface area contributed by atoms with Crippen molar-refractivity contribution in [1.29, 1.82) is 0 Å². The van der Waals surface area contributed by atoms with Crippen molar-refractivity contribution in [3.8, 4) is 0 Å². The Balaban J connectivity index is 2.32. The van der Waals surface area contributed by atoms with Gasteiger partial charge in [0.25, 0.3) is 0 Å². The summed E-state index contributed by atoms with van der Waals surface area (Å²) in [4.78, 5) is 26.4. The molecular weight excluding hydrogens is 515 g/mol. The summed E-state index contributed by atoms with van der Waals surface area (Å²) in [7, 11) is 2.75. The number of nitrogens with zero attached hydrogens (tertiary/aromatic N) is 2. The molecule has 0 saturated heterocycles. The number of benzene rings is 1. The van der Waals surface area contributed by atoms with Crippen molar-refractivity contribution in [2.75, 3.05) is 27.4 Å². The molecule has 0 radical (unpaired) electrons. The maximum Gasteiger partial charge on any atom is 0.336 e. The highest BCUT2D eigenvalue weighted by molar-refractivity contribution is 7.11. The Bertz CT molecular complexity index is 1180. The minimum Gasteiger partial charge on any atom is -0.466 e. The summed E-state index contributed by atoms with van der Waals surface area (Å²) in [6, 6.07) is 5.01. The van der Waals surface area contributed by atoms with E-state index in [1.807, 2.05) is 0 Å². The molecule has 1 aromatic heterocycles. The van der Waals surface area contributed by atoms with Gasteiger partial charge in [0.2, 0.25) is 0 Å². The van der Waals surface area contributed by atoms with Crippen molar-refractivity contribution < 1.29 is 23.8 Å². The number of methoxy groups -OCH3 is 2. The van der Waals surface area contributed by atoms with E-state index in [0.717, 1.165) is 5.01 Å². The molecule has 0 saturated carbocycles. The third-order valence-electron chi connectivity index (χ3n) is 5.35. The molecule has 2 unspecified atom stereocenters. The summed E-state index contributed by atoms with van der Waals surface area (Å²) >= 11 is 14.2. The SMILES string of the molecule is CCOC(=O)C1=C(C(OC)c2nnc(CCN)s2)NC(C)=C(C(=O)OC)C1c1cccc(Cl)c1Cl. The average molecular weight is 541 g/mol. The highest BCUT2D eigenvalue weighted by atomic mass is 35.5. The first kappa shape index (κ1) is 27.1. The van der Waals surface area contributed by atoms with Gasteiger partial charge < -0.3 is 25.3 Å². The van der Waals surface area contributed by atoms with Gasteiger partial charge >= 0.3 is 11.9 Å². The number of esters is 2. The molecule has 0 aliphatic carbocycles. The molecule has 35 heavy (non-hydrogen) atoms. The Morgan fingerprint density at radius 2 is 1.94 bits per heavy atom. The van der Waals surface area contributed by atoms with E-state index in [9.17, 15) is 9.59 Å². The summed E-state index contributed by atoms with van der Waals surface area (Å²) in [6.45, 7) is 3.92. The average Bonchev–Trinajstić information content (AvgIpc) is 3.29. The van der Waals surface area contributed by atoms with Crippen LogP contribution in [0.4, 0.5) is 0 Å². The quantitative estimate of drug-likeness (QED) is 0.457. The first-order valence-corrected chi connectivity index (χ1v) is 12.3. The summed E-state index contributed by atoms with van der Waals surface area (Å²) in [5.74, 6) is -2.23. The number of aromatic nitrogens is 2. The van der Waals surface area contributed by atoms with Crippen LogP contribution < -0.4 is 11.1 Å². The fraction of sp³-hybridized carbons (Fsp3) is 0.391. The van der Waals surface area contributed by atoms with Gasteiger partial charge in [0.15, 0.2) is 11.1 Å². The number of hydrogen-bond donors (Lipinski definition) is 2. The van der Waals surface area contributed by atoms with Gasteiger partial charge in [0.1, 0.15) is 5.01 Å². The zero-order valence-corrected chi connectivity index (χ0v) is 22.0. The fourth-order valence-electron chi connectivity index (χ4n) is 3.87. The van der Waals surface area contributed by atoms with Gasteiger partial charge in [-0.25, -0.2) is 9.59 Å². The van der Waals surface area contributed by atoms with Gasteiger partial charge in [-0.2, -0.15) is 0 Å². The number of dihydropyridines is 1. The number of allylic oxidation sites excluding steroid dienone is 1. The Morgan fingerprint density at radius 3 is 2.57 bits per heavy atom. The van der Waals surface area contributed by atoms with Crippen LogP contribution in [0.3, 0.4) is 0 Å². The molecule has 1 aromatic carbocycles. The molecular formula is C23H26Cl2N4O5S. The molecule has 0 spiro atoms. The van der Waals surface area contributed by atoms with Crippen molar-refractivity contribution in [3.05, 3.63) is 66.4 Å². The Hall–Kier alpha value is -2.50. The molecule has 0 amide bonds. The second-order valence-corrected chi connectivity index (χ2v) is 9.35. The lowest BCUT2D eigenvalue weighted by Crippen LogP contribution is -2.35. The predicted molar refractivity (Wildman–Crippen MR) is 133 cm³/mol. The van der Waals surface area contributed by atoms with Gasteiger partial charge in [-0.3, -0.25) is 0 Å². The molecule has 0 fully saturated rings.